The van der Waals surface area contributed by atoms with Gasteiger partial charge in [0, 0.05) is 40.3 Å². The molecule has 4 rings (SSSR count). The Morgan fingerprint density at radius 3 is 2.38 bits per heavy atom. The fourth-order valence-electron chi connectivity index (χ4n) is 2.99. The molecule has 0 spiro atoms. The number of hydrogen-bond acceptors (Lipinski definition) is 7. The van der Waals surface area contributed by atoms with E-state index in [0.717, 1.165) is 17.8 Å². The molecule has 1 heterocycles. The molecule has 0 radical (unpaired) electrons. The van der Waals surface area contributed by atoms with E-state index < -0.39 is 20.8 Å². The van der Waals surface area contributed by atoms with E-state index in [-0.39, 0.29) is 21.2 Å². The molecule has 0 amide bonds. The van der Waals surface area contributed by atoms with Gasteiger partial charge in [0.2, 0.25) is 0 Å². The largest absolute Gasteiger partial charge is 0.305 e. The number of nitrogens with one attached hydrogen (secondary N) is 1. The Morgan fingerprint density at radius 1 is 1.06 bits per heavy atom. The number of nitro benzene ring substituents is 1. The van der Waals surface area contributed by atoms with Crippen LogP contribution in [0.25, 0.3) is 11.4 Å². The number of hydrogen-bond donors (Lipinski definition) is 1. The van der Waals surface area contributed by atoms with E-state index in [2.05, 4.69) is 14.9 Å². The van der Waals surface area contributed by atoms with Gasteiger partial charge in [0.05, 0.1) is 4.92 Å². The molecule has 0 aliphatic rings. The first-order valence-corrected chi connectivity index (χ1v) is 12.2. The van der Waals surface area contributed by atoms with Crippen LogP contribution in [-0.4, -0.2) is 28.1 Å². The van der Waals surface area contributed by atoms with Crippen molar-refractivity contribution in [3.05, 3.63) is 87.7 Å². The monoisotopic (exact) mass is 519 g/mol. The third-order valence-corrected chi connectivity index (χ3v) is 7.58. The standard InChI is InChI=1S/C21H15ClFN5O4S2/c1-27-20(13-2-6-15(23)7-3-13)24-25-21(27)33-18-11-10-17(28(29)30)12-19(18)34(31,32)26-16-8-4-14(22)5-9-16/h2-12,26H,1H3. The zero-order valence-electron chi connectivity index (χ0n) is 17.3. The van der Waals surface area contributed by atoms with Crippen LogP contribution >= 0.6 is 23.4 Å². The minimum Gasteiger partial charge on any atom is -0.305 e. The van der Waals surface area contributed by atoms with Gasteiger partial charge in [-0.25, -0.2) is 12.8 Å². The summed E-state index contributed by atoms with van der Waals surface area (Å²) in [4.78, 5) is 10.5. The molecule has 0 saturated carbocycles. The minimum atomic E-state index is -4.21. The van der Waals surface area contributed by atoms with Crippen LogP contribution in [0.2, 0.25) is 5.02 Å². The highest BCUT2D eigenvalue weighted by Crippen LogP contribution is 2.36. The van der Waals surface area contributed by atoms with Gasteiger partial charge in [-0.1, -0.05) is 11.6 Å². The lowest BCUT2D eigenvalue weighted by molar-refractivity contribution is -0.385. The second-order valence-electron chi connectivity index (χ2n) is 6.97. The Balaban J connectivity index is 1.72. The van der Waals surface area contributed by atoms with Gasteiger partial charge in [0.1, 0.15) is 10.7 Å². The highest BCUT2D eigenvalue weighted by Gasteiger charge is 2.25. The average Bonchev–Trinajstić information content (AvgIpc) is 3.16. The number of benzene rings is 3. The highest BCUT2D eigenvalue weighted by atomic mass is 35.5. The van der Waals surface area contributed by atoms with Gasteiger partial charge in [-0.2, -0.15) is 0 Å². The molecular formula is C21H15ClFN5O4S2. The van der Waals surface area contributed by atoms with Gasteiger partial charge in [0.15, 0.2) is 11.0 Å². The number of nitrogens with zero attached hydrogens (tertiary/aromatic N) is 4. The summed E-state index contributed by atoms with van der Waals surface area (Å²) in [5.41, 5.74) is 0.471. The van der Waals surface area contributed by atoms with Gasteiger partial charge >= 0.3 is 0 Å². The average molecular weight is 520 g/mol. The molecule has 13 heteroatoms. The molecule has 0 aliphatic heterocycles. The van der Waals surface area contributed by atoms with Gasteiger partial charge in [-0.3, -0.25) is 14.8 Å². The summed E-state index contributed by atoms with van der Waals surface area (Å²) in [6, 6.07) is 15.2. The topological polar surface area (TPSA) is 120 Å². The second-order valence-corrected chi connectivity index (χ2v) is 10.1. The molecule has 0 fully saturated rings. The third-order valence-electron chi connectivity index (χ3n) is 4.66. The van der Waals surface area contributed by atoms with Gasteiger partial charge in [0.25, 0.3) is 15.7 Å². The number of aromatic nitrogens is 3. The lowest BCUT2D eigenvalue weighted by Crippen LogP contribution is -2.14. The summed E-state index contributed by atoms with van der Waals surface area (Å²) in [5, 5.41) is 20.3. The Morgan fingerprint density at radius 2 is 1.74 bits per heavy atom. The van der Waals surface area contributed by atoms with E-state index in [1.165, 1.54) is 48.5 Å². The van der Waals surface area contributed by atoms with Crippen molar-refractivity contribution in [1.82, 2.24) is 14.8 Å². The maximum atomic E-state index is 13.3. The fraction of sp³-hybridized carbons (Fsp3) is 0.0476. The molecule has 0 atom stereocenters. The summed E-state index contributed by atoms with van der Waals surface area (Å²) in [6.45, 7) is 0. The summed E-state index contributed by atoms with van der Waals surface area (Å²) in [7, 11) is -2.54. The number of nitro groups is 1. The van der Waals surface area contributed by atoms with E-state index in [9.17, 15) is 22.9 Å². The maximum Gasteiger partial charge on any atom is 0.270 e. The summed E-state index contributed by atoms with van der Waals surface area (Å²) in [6.07, 6.45) is 0. The number of anilines is 1. The molecule has 0 bridgehead atoms. The van der Waals surface area contributed by atoms with Crippen molar-refractivity contribution in [3.8, 4) is 11.4 Å². The van der Waals surface area contributed by atoms with E-state index in [4.69, 9.17) is 11.6 Å². The first-order valence-electron chi connectivity index (χ1n) is 9.54. The molecule has 1 N–H and O–H groups in total. The van der Waals surface area contributed by atoms with Crippen molar-refractivity contribution in [2.24, 2.45) is 7.05 Å². The first kappa shape index (κ1) is 23.7. The van der Waals surface area contributed by atoms with Crippen molar-refractivity contribution >= 4 is 44.8 Å². The predicted octanol–water partition coefficient (Wildman–Crippen LogP) is 5.13. The first-order chi connectivity index (χ1) is 16.1. The van der Waals surface area contributed by atoms with E-state index >= 15 is 0 Å². The van der Waals surface area contributed by atoms with Crippen molar-refractivity contribution in [3.63, 3.8) is 0 Å². The predicted molar refractivity (Wildman–Crippen MR) is 126 cm³/mol. The molecule has 0 saturated heterocycles. The summed E-state index contributed by atoms with van der Waals surface area (Å²) < 4.78 is 43.6. The molecule has 174 valence electrons. The van der Waals surface area contributed by atoms with Crippen LogP contribution in [0, 0.1) is 15.9 Å². The Bertz CT molecular complexity index is 1480. The molecule has 1 aromatic heterocycles. The fourth-order valence-corrected chi connectivity index (χ4v) is 5.53. The smallest absolute Gasteiger partial charge is 0.270 e. The van der Waals surface area contributed by atoms with Crippen LogP contribution in [0.4, 0.5) is 15.8 Å². The van der Waals surface area contributed by atoms with Crippen LogP contribution in [0.1, 0.15) is 0 Å². The SMILES string of the molecule is Cn1c(Sc2ccc([N+](=O)[O-])cc2S(=O)(=O)Nc2ccc(Cl)cc2)nnc1-c1ccc(F)cc1. The quantitative estimate of drug-likeness (QED) is 0.265. The van der Waals surface area contributed by atoms with Crippen molar-refractivity contribution in [1.29, 1.82) is 0 Å². The van der Waals surface area contributed by atoms with E-state index in [1.54, 1.807) is 23.7 Å². The van der Waals surface area contributed by atoms with Crippen LogP contribution < -0.4 is 4.72 Å². The van der Waals surface area contributed by atoms with Crippen LogP contribution in [-0.2, 0) is 17.1 Å². The Hall–Kier alpha value is -3.48. The molecule has 0 aliphatic carbocycles. The van der Waals surface area contributed by atoms with Crippen LogP contribution in [0.5, 0.6) is 0 Å². The van der Waals surface area contributed by atoms with Crippen LogP contribution in [0.3, 0.4) is 0 Å². The van der Waals surface area contributed by atoms with Gasteiger partial charge in [-0.05, 0) is 66.4 Å². The lowest BCUT2D eigenvalue weighted by atomic mass is 10.2. The van der Waals surface area contributed by atoms with Gasteiger partial charge < -0.3 is 4.57 Å². The van der Waals surface area contributed by atoms with Crippen molar-refractivity contribution < 1.29 is 17.7 Å². The number of rotatable bonds is 7. The third kappa shape index (κ3) is 5.03. The normalized spacial score (nSPS) is 11.4. The number of non-ortho nitro benzene ring substituents is 1. The van der Waals surface area contributed by atoms with Gasteiger partial charge in [-0.15, -0.1) is 10.2 Å². The second kappa shape index (κ2) is 9.41. The minimum absolute atomic E-state index is 0.202. The van der Waals surface area contributed by atoms with Crippen molar-refractivity contribution in [2.75, 3.05) is 4.72 Å². The van der Waals surface area contributed by atoms with E-state index in [1.807, 2.05) is 0 Å². The van der Waals surface area contributed by atoms with E-state index in [0.29, 0.717) is 21.6 Å². The molecule has 0 unspecified atom stereocenters. The van der Waals surface area contributed by atoms with Crippen molar-refractivity contribution in [2.45, 2.75) is 14.9 Å². The number of sulfonamides is 1. The number of halogens is 2. The highest BCUT2D eigenvalue weighted by molar-refractivity contribution is 8.00. The Labute approximate surface area is 202 Å². The molecule has 9 nitrogen and oxygen atoms in total. The molecule has 34 heavy (non-hydrogen) atoms. The zero-order valence-corrected chi connectivity index (χ0v) is 19.7. The molecule has 3 aromatic carbocycles. The molecule has 4 aromatic rings. The molecular weight excluding hydrogens is 505 g/mol. The van der Waals surface area contributed by atoms with Crippen LogP contribution in [0.15, 0.2) is 81.7 Å². The zero-order chi connectivity index (χ0) is 24.5. The summed E-state index contributed by atoms with van der Waals surface area (Å²) >= 11 is 6.82. The Kier molecular flexibility index (Phi) is 6.55. The summed E-state index contributed by atoms with van der Waals surface area (Å²) in [5.74, 6) is 0.0440. The maximum absolute atomic E-state index is 13.3. The lowest BCUT2D eigenvalue weighted by Gasteiger charge is -2.12.